The fourth-order valence-electron chi connectivity index (χ4n) is 2.05. The molecule has 7 nitrogen and oxygen atoms in total. The highest BCUT2D eigenvalue weighted by molar-refractivity contribution is 5.91. The van der Waals surface area contributed by atoms with Crippen molar-refractivity contribution in [1.29, 1.82) is 0 Å². The summed E-state index contributed by atoms with van der Waals surface area (Å²) in [4.78, 5) is 22.5. The molecule has 1 atom stereocenters. The van der Waals surface area contributed by atoms with Gasteiger partial charge >= 0.3 is 12.1 Å². The number of carbonyl (C=O) groups is 2. The molecule has 1 amide bonds. The molecule has 134 valence electrons. The fourth-order valence-corrected chi connectivity index (χ4v) is 2.05. The SMILES string of the molecule is CC(CNC(=O)c1cn(-c2cccc(C(F)(F)F)c2)nn1)CC(=O)O. The lowest BCUT2D eigenvalue weighted by molar-refractivity contribution is -0.138. The third-order valence-corrected chi connectivity index (χ3v) is 3.30. The number of aromatic nitrogens is 3. The van der Waals surface area contributed by atoms with Gasteiger partial charge in [-0.1, -0.05) is 18.2 Å². The van der Waals surface area contributed by atoms with Gasteiger partial charge in [0.05, 0.1) is 17.4 Å². The number of aliphatic carboxylic acids is 1. The van der Waals surface area contributed by atoms with Gasteiger partial charge in [0, 0.05) is 13.0 Å². The van der Waals surface area contributed by atoms with Gasteiger partial charge in [-0.05, 0) is 24.1 Å². The number of carbonyl (C=O) groups excluding carboxylic acids is 1. The van der Waals surface area contributed by atoms with E-state index in [1.807, 2.05) is 0 Å². The van der Waals surface area contributed by atoms with Gasteiger partial charge < -0.3 is 10.4 Å². The van der Waals surface area contributed by atoms with Crippen molar-refractivity contribution < 1.29 is 27.9 Å². The Kier molecular flexibility index (Phi) is 5.40. The number of alkyl halides is 3. The second-order valence-electron chi connectivity index (χ2n) is 5.51. The highest BCUT2D eigenvalue weighted by Crippen LogP contribution is 2.30. The van der Waals surface area contributed by atoms with Gasteiger partial charge in [0.15, 0.2) is 5.69 Å². The van der Waals surface area contributed by atoms with Crippen LogP contribution in [0.4, 0.5) is 13.2 Å². The van der Waals surface area contributed by atoms with Crippen LogP contribution in [0.1, 0.15) is 29.4 Å². The van der Waals surface area contributed by atoms with Crippen LogP contribution in [-0.4, -0.2) is 38.5 Å². The number of carboxylic acids is 1. The number of hydrogen-bond donors (Lipinski definition) is 2. The average molecular weight is 356 g/mol. The summed E-state index contributed by atoms with van der Waals surface area (Å²) in [6, 6.07) is 4.46. The number of carboxylic acid groups (broad SMARTS) is 1. The van der Waals surface area contributed by atoms with E-state index < -0.39 is 23.6 Å². The van der Waals surface area contributed by atoms with Crippen LogP contribution in [0.15, 0.2) is 30.5 Å². The quantitative estimate of drug-likeness (QED) is 0.826. The van der Waals surface area contributed by atoms with Gasteiger partial charge in [-0.25, -0.2) is 4.68 Å². The molecule has 2 rings (SSSR count). The molecule has 0 saturated carbocycles. The summed E-state index contributed by atoms with van der Waals surface area (Å²) < 4.78 is 39.3. The van der Waals surface area contributed by atoms with Crippen molar-refractivity contribution in [3.8, 4) is 5.69 Å². The molecule has 1 aromatic heterocycles. The van der Waals surface area contributed by atoms with E-state index in [9.17, 15) is 22.8 Å². The molecule has 0 bridgehead atoms. The molecule has 0 aliphatic carbocycles. The maximum absolute atomic E-state index is 12.7. The minimum absolute atomic E-state index is 0.0834. The zero-order chi connectivity index (χ0) is 18.6. The monoisotopic (exact) mass is 356 g/mol. The van der Waals surface area contributed by atoms with Crippen LogP contribution >= 0.6 is 0 Å². The molecule has 0 aliphatic heterocycles. The van der Waals surface area contributed by atoms with Crippen LogP contribution in [0.5, 0.6) is 0 Å². The summed E-state index contributed by atoms with van der Waals surface area (Å²) in [5, 5.41) is 18.4. The van der Waals surface area contributed by atoms with E-state index in [2.05, 4.69) is 15.6 Å². The first-order valence-corrected chi connectivity index (χ1v) is 7.27. The third kappa shape index (κ3) is 5.03. The highest BCUT2D eigenvalue weighted by Gasteiger charge is 2.30. The predicted octanol–water partition coefficient (Wildman–Crippen LogP) is 2.13. The molecule has 1 heterocycles. The van der Waals surface area contributed by atoms with Crippen LogP contribution in [0, 0.1) is 5.92 Å². The van der Waals surface area contributed by atoms with Crippen molar-refractivity contribution >= 4 is 11.9 Å². The third-order valence-electron chi connectivity index (χ3n) is 3.30. The summed E-state index contributed by atoms with van der Waals surface area (Å²) in [6.45, 7) is 1.79. The van der Waals surface area contributed by atoms with Gasteiger partial charge in [-0.2, -0.15) is 13.2 Å². The summed E-state index contributed by atoms with van der Waals surface area (Å²) in [5.74, 6) is -1.84. The van der Waals surface area contributed by atoms with E-state index in [1.54, 1.807) is 6.92 Å². The summed E-state index contributed by atoms with van der Waals surface area (Å²) >= 11 is 0. The van der Waals surface area contributed by atoms with Gasteiger partial charge in [0.1, 0.15) is 0 Å². The zero-order valence-electron chi connectivity index (χ0n) is 13.1. The van der Waals surface area contributed by atoms with Crippen molar-refractivity contribution in [3.05, 3.63) is 41.7 Å². The second-order valence-corrected chi connectivity index (χ2v) is 5.51. The van der Waals surface area contributed by atoms with Crippen LogP contribution in [-0.2, 0) is 11.0 Å². The maximum Gasteiger partial charge on any atom is 0.416 e. The number of halogens is 3. The van der Waals surface area contributed by atoms with E-state index in [0.29, 0.717) is 0 Å². The lowest BCUT2D eigenvalue weighted by atomic mass is 10.1. The smallest absolute Gasteiger partial charge is 0.416 e. The molecule has 0 spiro atoms. The first-order valence-electron chi connectivity index (χ1n) is 7.27. The van der Waals surface area contributed by atoms with Gasteiger partial charge in [-0.3, -0.25) is 9.59 Å². The molecule has 1 unspecified atom stereocenters. The van der Waals surface area contributed by atoms with Crippen LogP contribution in [0.2, 0.25) is 0 Å². The molecule has 2 N–H and O–H groups in total. The Morgan fingerprint density at radius 3 is 2.72 bits per heavy atom. The van der Waals surface area contributed by atoms with Crippen molar-refractivity contribution in [2.45, 2.75) is 19.5 Å². The Morgan fingerprint density at radius 2 is 2.08 bits per heavy atom. The summed E-state index contributed by atoms with van der Waals surface area (Å²) in [6.07, 6.45) is -3.39. The molecule has 1 aromatic carbocycles. The van der Waals surface area contributed by atoms with Crippen molar-refractivity contribution in [2.75, 3.05) is 6.54 Å². The molecule has 0 aliphatic rings. The summed E-state index contributed by atoms with van der Waals surface area (Å²) in [5.41, 5.74) is -0.811. The molecule has 0 saturated heterocycles. The zero-order valence-corrected chi connectivity index (χ0v) is 13.1. The minimum atomic E-state index is -4.49. The second kappa shape index (κ2) is 7.32. The Morgan fingerprint density at radius 1 is 1.36 bits per heavy atom. The molecular formula is C15H15F3N4O3. The number of hydrogen-bond acceptors (Lipinski definition) is 4. The Bertz CT molecular complexity index is 773. The topological polar surface area (TPSA) is 97.1 Å². The van der Waals surface area contributed by atoms with Crippen LogP contribution in [0.25, 0.3) is 5.69 Å². The lowest BCUT2D eigenvalue weighted by Gasteiger charge is -2.09. The van der Waals surface area contributed by atoms with Crippen molar-refractivity contribution in [2.24, 2.45) is 5.92 Å². The van der Waals surface area contributed by atoms with Gasteiger partial charge in [0.25, 0.3) is 5.91 Å². The fraction of sp³-hybridized carbons (Fsp3) is 0.333. The number of amides is 1. The molecule has 0 fully saturated rings. The molecule has 2 aromatic rings. The maximum atomic E-state index is 12.7. The first-order chi connectivity index (χ1) is 11.7. The Balaban J connectivity index is 2.07. The first kappa shape index (κ1) is 18.4. The predicted molar refractivity (Wildman–Crippen MR) is 80.1 cm³/mol. The van der Waals surface area contributed by atoms with E-state index >= 15 is 0 Å². The number of nitrogens with one attached hydrogen (secondary N) is 1. The standard InChI is InChI=1S/C15H15F3N4O3/c1-9(5-13(23)24)7-19-14(25)12-8-22(21-20-12)11-4-2-3-10(6-11)15(16,17)18/h2-4,6,8-9H,5,7H2,1H3,(H,19,25)(H,23,24). The summed E-state index contributed by atoms with van der Waals surface area (Å²) in [7, 11) is 0. The van der Waals surface area contributed by atoms with E-state index in [-0.39, 0.29) is 30.3 Å². The van der Waals surface area contributed by atoms with Gasteiger partial charge in [-0.15, -0.1) is 5.10 Å². The van der Waals surface area contributed by atoms with Crippen LogP contribution in [0.3, 0.4) is 0 Å². The van der Waals surface area contributed by atoms with Crippen molar-refractivity contribution in [1.82, 2.24) is 20.3 Å². The molecule has 10 heteroatoms. The largest absolute Gasteiger partial charge is 0.481 e. The lowest BCUT2D eigenvalue weighted by Crippen LogP contribution is -2.29. The number of rotatable bonds is 6. The minimum Gasteiger partial charge on any atom is -0.481 e. The molecule has 25 heavy (non-hydrogen) atoms. The van der Waals surface area contributed by atoms with E-state index in [4.69, 9.17) is 5.11 Å². The van der Waals surface area contributed by atoms with Crippen LogP contribution < -0.4 is 5.32 Å². The van der Waals surface area contributed by atoms with E-state index in [1.165, 1.54) is 18.3 Å². The Hall–Kier alpha value is -2.91. The number of benzene rings is 1. The van der Waals surface area contributed by atoms with E-state index in [0.717, 1.165) is 16.8 Å². The molecular weight excluding hydrogens is 341 g/mol. The average Bonchev–Trinajstić information content (AvgIpc) is 3.01. The van der Waals surface area contributed by atoms with Crippen molar-refractivity contribution in [3.63, 3.8) is 0 Å². The number of nitrogens with zero attached hydrogens (tertiary/aromatic N) is 3. The molecule has 0 radical (unpaired) electrons. The van der Waals surface area contributed by atoms with Gasteiger partial charge in [0.2, 0.25) is 0 Å². The normalized spacial score (nSPS) is 12.6. The highest BCUT2D eigenvalue weighted by atomic mass is 19.4. The Labute approximate surface area is 140 Å².